The average Bonchev–Trinajstić information content (AvgIpc) is 3.31. The molecule has 0 bridgehead atoms. The van der Waals surface area contributed by atoms with Crippen molar-refractivity contribution in [2.24, 2.45) is 0 Å². The number of benzene rings is 2. The highest BCUT2D eigenvalue weighted by Gasteiger charge is 2.24. The molecule has 32 heavy (non-hydrogen) atoms. The van der Waals surface area contributed by atoms with E-state index in [4.69, 9.17) is 14.2 Å². The number of aryl methyl sites for hydroxylation is 1. The predicted molar refractivity (Wildman–Crippen MR) is 126 cm³/mol. The van der Waals surface area contributed by atoms with E-state index < -0.39 is 0 Å². The lowest BCUT2D eigenvalue weighted by Crippen LogP contribution is -2.33. The molecule has 0 unspecified atom stereocenters. The van der Waals surface area contributed by atoms with Crippen molar-refractivity contribution in [1.29, 1.82) is 0 Å². The van der Waals surface area contributed by atoms with Gasteiger partial charge in [-0.05, 0) is 55.4 Å². The van der Waals surface area contributed by atoms with Gasteiger partial charge < -0.3 is 24.8 Å². The Bertz CT molecular complexity index is 944. The number of para-hydroxylation sites is 1. The van der Waals surface area contributed by atoms with Gasteiger partial charge in [0.1, 0.15) is 5.75 Å². The summed E-state index contributed by atoms with van der Waals surface area (Å²) in [4.78, 5) is 12.9. The molecule has 2 aromatic carbocycles. The first-order chi connectivity index (χ1) is 15.7. The van der Waals surface area contributed by atoms with Crippen LogP contribution in [0.3, 0.4) is 0 Å². The third-order valence-electron chi connectivity index (χ3n) is 6.49. The number of rotatable bonds is 9. The zero-order valence-corrected chi connectivity index (χ0v) is 19.2. The fraction of sp³-hybridized carbons (Fsp3) is 0.500. The van der Waals surface area contributed by atoms with Gasteiger partial charge >= 0.3 is 6.03 Å². The van der Waals surface area contributed by atoms with Crippen molar-refractivity contribution >= 4 is 11.7 Å². The Morgan fingerprint density at radius 3 is 2.84 bits per heavy atom. The van der Waals surface area contributed by atoms with E-state index in [1.54, 1.807) is 7.11 Å². The molecule has 0 aromatic heterocycles. The van der Waals surface area contributed by atoms with Gasteiger partial charge in [-0.2, -0.15) is 0 Å². The number of amides is 2. The summed E-state index contributed by atoms with van der Waals surface area (Å²) in [6.45, 7) is 2.99. The maximum Gasteiger partial charge on any atom is 0.319 e. The molecule has 6 nitrogen and oxygen atoms in total. The van der Waals surface area contributed by atoms with Gasteiger partial charge in [0.05, 0.1) is 12.8 Å². The molecule has 1 aliphatic heterocycles. The highest BCUT2D eigenvalue weighted by molar-refractivity contribution is 5.92. The van der Waals surface area contributed by atoms with Crippen molar-refractivity contribution in [2.45, 2.75) is 64.2 Å². The molecule has 2 N–H and O–H groups in total. The molecule has 6 heteroatoms. The molecule has 4 rings (SSSR count). The largest absolute Gasteiger partial charge is 0.495 e. The fourth-order valence-electron chi connectivity index (χ4n) is 4.77. The summed E-state index contributed by atoms with van der Waals surface area (Å²) in [5.41, 5.74) is 4.42. The van der Waals surface area contributed by atoms with E-state index in [9.17, 15) is 4.79 Å². The van der Waals surface area contributed by atoms with Crippen LogP contribution in [-0.4, -0.2) is 26.5 Å². The van der Waals surface area contributed by atoms with Crippen LogP contribution < -0.4 is 24.8 Å². The van der Waals surface area contributed by atoms with Crippen LogP contribution in [0.5, 0.6) is 17.2 Å². The lowest BCUT2D eigenvalue weighted by atomic mass is 9.90. The molecule has 0 spiro atoms. The number of carbonyl (C=O) groups is 1. The van der Waals surface area contributed by atoms with E-state index in [-0.39, 0.29) is 18.7 Å². The van der Waals surface area contributed by atoms with Crippen LogP contribution in [0.4, 0.5) is 10.5 Å². The molecule has 172 valence electrons. The fourth-order valence-corrected chi connectivity index (χ4v) is 4.77. The number of anilines is 1. The van der Waals surface area contributed by atoms with Gasteiger partial charge in [-0.15, -0.1) is 0 Å². The summed E-state index contributed by atoms with van der Waals surface area (Å²) < 4.78 is 16.9. The van der Waals surface area contributed by atoms with Gasteiger partial charge in [0, 0.05) is 18.0 Å². The van der Waals surface area contributed by atoms with Crippen molar-refractivity contribution in [3.8, 4) is 17.2 Å². The van der Waals surface area contributed by atoms with E-state index >= 15 is 0 Å². The Hall–Kier alpha value is -2.89. The molecular weight excluding hydrogens is 404 g/mol. The third-order valence-corrected chi connectivity index (χ3v) is 6.49. The van der Waals surface area contributed by atoms with E-state index in [0.717, 1.165) is 61.3 Å². The Balaban J connectivity index is 1.47. The van der Waals surface area contributed by atoms with Crippen molar-refractivity contribution in [2.75, 3.05) is 25.8 Å². The van der Waals surface area contributed by atoms with Gasteiger partial charge in [-0.3, -0.25) is 0 Å². The molecule has 1 heterocycles. The number of unbranched alkanes of at least 4 members (excludes halogenated alkanes) is 2. The van der Waals surface area contributed by atoms with E-state index in [1.165, 1.54) is 24.0 Å². The van der Waals surface area contributed by atoms with Crippen molar-refractivity contribution in [3.05, 3.63) is 47.0 Å². The Morgan fingerprint density at radius 1 is 1.12 bits per heavy atom. The van der Waals surface area contributed by atoms with Crippen molar-refractivity contribution in [1.82, 2.24) is 5.32 Å². The number of ether oxygens (including phenoxy) is 3. The number of carbonyl (C=O) groups excluding carboxylic acids is 1. The molecule has 2 aliphatic rings. The normalized spacial score (nSPS) is 15.1. The molecule has 2 aromatic rings. The predicted octanol–water partition coefficient (Wildman–Crippen LogP) is 5.79. The van der Waals surface area contributed by atoms with E-state index in [0.29, 0.717) is 12.3 Å². The number of hydrogen-bond acceptors (Lipinski definition) is 4. The molecular formula is C26H34N2O4. The molecule has 0 radical (unpaired) electrons. The van der Waals surface area contributed by atoms with Crippen LogP contribution in [0.2, 0.25) is 0 Å². The zero-order valence-electron chi connectivity index (χ0n) is 19.2. The minimum atomic E-state index is -0.201. The monoisotopic (exact) mass is 438 g/mol. The van der Waals surface area contributed by atoms with Gasteiger partial charge in [0.25, 0.3) is 0 Å². The summed E-state index contributed by atoms with van der Waals surface area (Å²) in [7, 11) is 1.65. The number of hydrogen-bond donors (Lipinski definition) is 2. The number of urea groups is 1. The van der Waals surface area contributed by atoms with Crippen LogP contribution in [0.1, 0.15) is 68.1 Å². The van der Waals surface area contributed by atoms with E-state index in [2.05, 4.69) is 29.7 Å². The SMILES string of the molecule is CCCCC[C@@H](CNC(=O)Nc1c(OC)ccc2c1CCCC2)c1cccc2c1OCO2. The quantitative estimate of drug-likeness (QED) is 0.486. The maximum atomic E-state index is 12.9. The summed E-state index contributed by atoms with van der Waals surface area (Å²) in [5.74, 6) is 2.48. The van der Waals surface area contributed by atoms with Crippen LogP contribution in [-0.2, 0) is 12.8 Å². The Kier molecular flexibility index (Phi) is 7.40. The molecule has 1 aliphatic carbocycles. The summed E-state index contributed by atoms with van der Waals surface area (Å²) in [5, 5.41) is 6.19. The first-order valence-corrected chi connectivity index (χ1v) is 11.8. The van der Waals surface area contributed by atoms with Crippen LogP contribution in [0.25, 0.3) is 0 Å². The summed E-state index contributed by atoms with van der Waals surface area (Å²) >= 11 is 0. The van der Waals surface area contributed by atoms with Gasteiger partial charge in [-0.1, -0.05) is 44.4 Å². The van der Waals surface area contributed by atoms with Gasteiger partial charge in [0.15, 0.2) is 11.5 Å². The summed E-state index contributed by atoms with van der Waals surface area (Å²) in [6, 6.07) is 9.89. The lowest BCUT2D eigenvalue weighted by molar-refractivity contribution is 0.173. The molecule has 0 fully saturated rings. The van der Waals surface area contributed by atoms with Crippen molar-refractivity contribution in [3.63, 3.8) is 0 Å². The topological polar surface area (TPSA) is 68.8 Å². The number of methoxy groups -OCH3 is 1. The average molecular weight is 439 g/mol. The summed E-state index contributed by atoms with van der Waals surface area (Å²) in [6.07, 6.45) is 8.77. The number of nitrogens with one attached hydrogen (secondary N) is 2. The first-order valence-electron chi connectivity index (χ1n) is 11.8. The minimum Gasteiger partial charge on any atom is -0.495 e. The maximum absolute atomic E-state index is 12.9. The zero-order chi connectivity index (χ0) is 22.3. The van der Waals surface area contributed by atoms with Crippen LogP contribution in [0, 0.1) is 0 Å². The van der Waals surface area contributed by atoms with Gasteiger partial charge in [0.2, 0.25) is 6.79 Å². The second kappa shape index (κ2) is 10.6. The lowest BCUT2D eigenvalue weighted by Gasteiger charge is -2.23. The number of fused-ring (bicyclic) bond motifs is 2. The Morgan fingerprint density at radius 2 is 2.00 bits per heavy atom. The molecule has 2 amide bonds. The molecule has 0 saturated heterocycles. The smallest absolute Gasteiger partial charge is 0.319 e. The Labute approximate surface area is 190 Å². The highest BCUT2D eigenvalue weighted by Crippen LogP contribution is 2.40. The highest BCUT2D eigenvalue weighted by atomic mass is 16.7. The molecule has 1 atom stereocenters. The first kappa shape index (κ1) is 22.3. The molecule has 0 saturated carbocycles. The van der Waals surface area contributed by atoms with Gasteiger partial charge in [-0.25, -0.2) is 4.79 Å². The second-order valence-electron chi connectivity index (χ2n) is 8.60. The standard InChI is InChI=1S/C26H34N2O4/c1-3-4-5-10-19(21-12-8-13-23-25(21)32-17-31-23)16-27-26(29)28-24-20-11-7-6-9-18(20)14-15-22(24)30-2/h8,12-15,19H,3-7,9-11,16-17H2,1-2H3,(H2,27,28,29)/t19-/m0/s1. The minimum absolute atomic E-state index is 0.163. The second-order valence-corrected chi connectivity index (χ2v) is 8.60. The van der Waals surface area contributed by atoms with Crippen molar-refractivity contribution < 1.29 is 19.0 Å². The third kappa shape index (κ3) is 4.95. The van der Waals surface area contributed by atoms with Crippen LogP contribution >= 0.6 is 0 Å². The van der Waals surface area contributed by atoms with E-state index in [1.807, 2.05) is 18.2 Å². The van der Waals surface area contributed by atoms with Crippen LogP contribution in [0.15, 0.2) is 30.3 Å².